The molecule has 0 amide bonds. The molecule has 1 aromatic heterocycles. The van der Waals surface area contributed by atoms with Crippen LogP contribution in [-0.2, 0) is 6.54 Å². The molecule has 0 fully saturated rings. The van der Waals surface area contributed by atoms with E-state index < -0.39 is 5.97 Å². The number of hydrogen-bond donors (Lipinski definition) is 1. The summed E-state index contributed by atoms with van der Waals surface area (Å²) in [5.41, 5.74) is 0.294. The Hall–Kier alpha value is -1.52. The Morgan fingerprint density at radius 1 is 1.62 bits per heavy atom. The number of rotatable bonds is 1. The summed E-state index contributed by atoms with van der Waals surface area (Å²) in [4.78, 5) is 12.7. The molecule has 5 nitrogen and oxygen atoms in total. The lowest BCUT2D eigenvalue weighted by Gasteiger charge is -2.25. The van der Waals surface area contributed by atoms with E-state index in [9.17, 15) is 4.79 Å². The lowest BCUT2D eigenvalue weighted by Crippen LogP contribution is -2.29. The molecule has 70 valence electrons. The molecule has 13 heavy (non-hydrogen) atoms. The molecular formula is C8H11N3O2. The van der Waals surface area contributed by atoms with Crippen molar-refractivity contribution in [2.75, 3.05) is 18.5 Å². The average Bonchev–Trinajstić information content (AvgIpc) is 2.49. The Kier molecular flexibility index (Phi) is 1.72. The normalized spacial score (nSPS) is 15.6. The molecule has 0 aliphatic carbocycles. The highest BCUT2D eigenvalue weighted by molar-refractivity contribution is 5.93. The Bertz CT molecular complexity index is 345. The third-order valence-corrected chi connectivity index (χ3v) is 2.27. The minimum absolute atomic E-state index is 0.294. The fourth-order valence-electron chi connectivity index (χ4n) is 1.66. The zero-order valence-corrected chi connectivity index (χ0v) is 7.40. The molecule has 1 aromatic rings. The summed E-state index contributed by atoms with van der Waals surface area (Å²) < 4.78 is 1.74. The van der Waals surface area contributed by atoms with Crippen molar-refractivity contribution in [1.82, 2.24) is 9.78 Å². The first kappa shape index (κ1) is 8.10. The van der Waals surface area contributed by atoms with Gasteiger partial charge in [-0.3, -0.25) is 0 Å². The second-order valence-electron chi connectivity index (χ2n) is 3.19. The minimum Gasteiger partial charge on any atom is -0.477 e. The third kappa shape index (κ3) is 1.16. The van der Waals surface area contributed by atoms with Gasteiger partial charge in [0.25, 0.3) is 0 Å². The van der Waals surface area contributed by atoms with Crippen molar-refractivity contribution < 1.29 is 9.90 Å². The van der Waals surface area contributed by atoms with Crippen molar-refractivity contribution in [3.8, 4) is 0 Å². The van der Waals surface area contributed by atoms with Gasteiger partial charge in [0.15, 0.2) is 0 Å². The third-order valence-electron chi connectivity index (χ3n) is 2.27. The quantitative estimate of drug-likeness (QED) is 0.682. The van der Waals surface area contributed by atoms with Crippen LogP contribution < -0.4 is 4.90 Å². The Morgan fingerprint density at radius 3 is 3.08 bits per heavy atom. The number of carbonyl (C=O) groups is 1. The lowest BCUT2D eigenvalue weighted by molar-refractivity contribution is 0.0697. The van der Waals surface area contributed by atoms with Crippen LogP contribution in [0, 0.1) is 0 Å². The Balaban J connectivity index is 2.50. The molecule has 5 heteroatoms. The van der Waals surface area contributed by atoms with Gasteiger partial charge in [-0.2, -0.15) is 5.10 Å². The summed E-state index contributed by atoms with van der Waals surface area (Å²) in [5, 5.41) is 12.9. The first-order valence-corrected chi connectivity index (χ1v) is 4.20. The van der Waals surface area contributed by atoms with Gasteiger partial charge in [-0.25, -0.2) is 9.48 Å². The Labute approximate surface area is 75.6 Å². The Morgan fingerprint density at radius 2 is 2.38 bits per heavy atom. The highest BCUT2D eigenvalue weighted by atomic mass is 16.4. The highest BCUT2D eigenvalue weighted by Crippen LogP contribution is 2.23. The summed E-state index contributed by atoms with van der Waals surface area (Å²) in [5.74, 6) is -0.186. The van der Waals surface area contributed by atoms with E-state index in [0.717, 1.165) is 25.3 Å². The fraction of sp³-hybridized carbons (Fsp3) is 0.500. The number of fused-ring (bicyclic) bond motifs is 1. The second-order valence-corrected chi connectivity index (χ2v) is 3.19. The zero-order valence-electron chi connectivity index (χ0n) is 7.40. The van der Waals surface area contributed by atoms with Crippen molar-refractivity contribution in [1.29, 1.82) is 0 Å². The van der Waals surface area contributed by atoms with E-state index in [1.807, 2.05) is 11.9 Å². The smallest absolute Gasteiger partial charge is 0.341 e. The first-order chi connectivity index (χ1) is 6.20. The number of nitrogens with zero attached hydrogens (tertiary/aromatic N) is 3. The van der Waals surface area contributed by atoms with E-state index >= 15 is 0 Å². The van der Waals surface area contributed by atoms with Crippen molar-refractivity contribution in [2.24, 2.45) is 0 Å². The second kappa shape index (κ2) is 2.76. The maximum atomic E-state index is 10.8. The standard InChI is InChI=1S/C8H11N3O2/c1-10-3-2-4-11-7(10)6(5-9-11)8(12)13/h5H,2-4H2,1H3,(H,12,13). The molecule has 0 saturated heterocycles. The molecule has 0 bridgehead atoms. The van der Waals surface area contributed by atoms with Crippen molar-refractivity contribution in [2.45, 2.75) is 13.0 Å². The van der Waals surface area contributed by atoms with Crippen LogP contribution in [0.15, 0.2) is 6.20 Å². The van der Waals surface area contributed by atoms with Gasteiger partial charge in [-0.15, -0.1) is 0 Å². The van der Waals surface area contributed by atoms with Crippen LogP contribution in [0.3, 0.4) is 0 Å². The topological polar surface area (TPSA) is 58.4 Å². The molecule has 1 aliphatic rings. The van der Waals surface area contributed by atoms with Gasteiger partial charge in [-0.1, -0.05) is 0 Å². The molecule has 2 heterocycles. The molecule has 0 radical (unpaired) electrons. The lowest BCUT2D eigenvalue weighted by atomic mass is 10.2. The number of aromatic carboxylic acids is 1. The van der Waals surface area contributed by atoms with Crippen molar-refractivity contribution in [3.63, 3.8) is 0 Å². The highest BCUT2D eigenvalue weighted by Gasteiger charge is 2.22. The minimum atomic E-state index is -0.907. The average molecular weight is 181 g/mol. The molecule has 1 N–H and O–H groups in total. The molecule has 0 unspecified atom stereocenters. The van der Waals surface area contributed by atoms with E-state index in [1.54, 1.807) is 4.68 Å². The van der Waals surface area contributed by atoms with Crippen LogP contribution in [0.1, 0.15) is 16.8 Å². The fourth-order valence-corrected chi connectivity index (χ4v) is 1.66. The molecule has 2 rings (SSSR count). The SMILES string of the molecule is CN1CCCn2ncc(C(=O)O)c21. The van der Waals surface area contributed by atoms with Crippen molar-refractivity contribution in [3.05, 3.63) is 11.8 Å². The van der Waals surface area contributed by atoms with Crippen LogP contribution in [0.2, 0.25) is 0 Å². The molecule has 1 aliphatic heterocycles. The molecule has 0 atom stereocenters. The predicted molar refractivity (Wildman–Crippen MR) is 47.1 cm³/mol. The van der Waals surface area contributed by atoms with Gasteiger partial charge in [0.1, 0.15) is 11.4 Å². The number of anilines is 1. The van der Waals surface area contributed by atoms with Gasteiger partial charge >= 0.3 is 5.97 Å². The molecular weight excluding hydrogens is 170 g/mol. The van der Waals surface area contributed by atoms with E-state index in [4.69, 9.17) is 5.11 Å². The number of aryl methyl sites for hydroxylation is 1. The summed E-state index contributed by atoms with van der Waals surface area (Å²) in [6.07, 6.45) is 2.43. The van der Waals surface area contributed by atoms with E-state index in [2.05, 4.69) is 5.10 Å². The van der Waals surface area contributed by atoms with Crippen LogP contribution in [0.5, 0.6) is 0 Å². The predicted octanol–water partition coefficient (Wildman–Crippen LogP) is 0.421. The first-order valence-electron chi connectivity index (χ1n) is 4.20. The van der Waals surface area contributed by atoms with Gasteiger partial charge in [-0.05, 0) is 6.42 Å². The van der Waals surface area contributed by atoms with Gasteiger partial charge < -0.3 is 10.0 Å². The van der Waals surface area contributed by atoms with Gasteiger partial charge in [0.2, 0.25) is 0 Å². The van der Waals surface area contributed by atoms with Gasteiger partial charge in [0.05, 0.1) is 6.20 Å². The number of carboxylic acid groups (broad SMARTS) is 1. The maximum absolute atomic E-state index is 10.8. The van der Waals surface area contributed by atoms with Crippen LogP contribution in [-0.4, -0.2) is 34.4 Å². The van der Waals surface area contributed by atoms with E-state index in [-0.39, 0.29) is 0 Å². The monoisotopic (exact) mass is 181 g/mol. The summed E-state index contributed by atoms with van der Waals surface area (Å²) >= 11 is 0. The van der Waals surface area contributed by atoms with Gasteiger partial charge in [0, 0.05) is 20.1 Å². The largest absolute Gasteiger partial charge is 0.477 e. The summed E-state index contributed by atoms with van der Waals surface area (Å²) in [7, 11) is 1.89. The number of hydrogen-bond acceptors (Lipinski definition) is 3. The van der Waals surface area contributed by atoms with E-state index in [1.165, 1.54) is 6.20 Å². The van der Waals surface area contributed by atoms with Crippen LogP contribution in [0.4, 0.5) is 5.82 Å². The molecule has 0 aromatic carbocycles. The summed E-state index contributed by atoms with van der Waals surface area (Å²) in [6.45, 7) is 1.71. The number of aromatic nitrogens is 2. The zero-order chi connectivity index (χ0) is 9.42. The summed E-state index contributed by atoms with van der Waals surface area (Å²) in [6, 6.07) is 0. The number of carboxylic acids is 1. The molecule has 0 saturated carbocycles. The maximum Gasteiger partial charge on any atom is 0.341 e. The van der Waals surface area contributed by atoms with Crippen LogP contribution >= 0.6 is 0 Å². The van der Waals surface area contributed by atoms with Crippen LogP contribution in [0.25, 0.3) is 0 Å². The molecule has 0 spiro atoms. The van der Waals surface area contributed by atoms with E-state index in [0.29, 0.717) is 5.56 Å². The van der Waals surface area contributed by atoms with Crippen molar-refractivity contribution >= 4 is 11.8 Å².